The van der Waals surface area contributed by atoms with Gasteiger partial charge < -0.3 is 9.84 Å². The number of pyridine rings is 1. The van der Waals surface area contributed by atoms with Gasteiger partial charge in [-0.05, 0) is 80.1 Å². The summed E-state index contributed by atoms with van der Waals surface area (Å²) in [6.45, 7) is 2.56. The zero-order chi connectivity index (χ0) is 23.9. The fourth-order valence-corrected chi connectivity index (χ4v) is 4.79. The van der Waals surface area contributed by atoms with Crippen molar-refractivity contribution in [1.29, 1.82) is 0 Å². The van der Waals surface area contributed by atoms with Gasteiger partial charge in [-0.25, -0.2) is 0 Å². The molecule has 0 radical (unpaired) electrons. The normalized spacial score (nSPS) is 15.2. The molecule has 178 valence electrons. The number of fused-ring (bicyclic) bond motifs is 1. The van der Waals surface area contributed by atoms with Gasteiger partial charge in [-0.3, -0.25) is 14.7 Å². The number of piperidine rings is 1. The number of hydrogen-bond acceptors (Lipinski definition) is 4. The Morgan fingerprint density at radius 3 is 2.65 bits per heavy atom. The molecule has 34 heavy (non-hydrogen) atoms. The van der Waals surface area contributed by atoms with Crippen molar-refractivity contribution in [3.05, 3.63) is 76.5 Å². The van der Waals surface area contributed by atoms with Crippen LogP contribution in [0.25, 0.3) is 17.0 Å². The van der Waals surface area contributed by atoms with Crippen molar-refractivity contribution in [2.45, 2.75) is 32.1 Å². The number of aryl methyl sites for hydroxylation is 2. The van der Waals surface area contributed by atoms with Gasteiger partial charge in [-0.1, -0.05) is 48.0 Å². The summed E-state index contributed by atoms with van der Waals surface area (Å²) in [5.41, 5.74) is 4.54. The minimum atomic E-state index is -0.660. The number of benzene rings is 2. The average molecular weight is 479 g/mol. The first kappa shape index (κ1) is 24.2. The Morgan fingerprint density at radius 2 is 1.94 bits per heavy atom. The molecular formula is C28H31ClN2O3. The maximum Gasteiger partial charge on any atom is 0.306 e. The number of halogens is 1. The van der Waals surface area contributed by atoms with E-state index in [1.54, 1.807) is 13.3 Å². The van der Waals surface area contributed by atoms with Crippen LogP contribution in [0.1, 0.15) is 36.0 Å². The molecule has 0 unspecified atom stereocenters. The lowest BCUT2D eigenvalue weighted by atomic mass is 9.97. The molecule has 0 aliphatic carbocycles. The lowest BCUT2D eigenvalue weighted by molar-refractivity contribution is -0.143. The molecule has 6 heteroatoms. The summed E-state index contributed by atoms with van der Waals surface area (Å²) >= 11 is 6.49. The van der Waals surface area contributed by atoms with E-state index >= 15 is 0 Å². The molecule has 2 aromatic carbocycles. The minimum Gasteiger partial charge on any atom is -0.497 e. The molecule has 1 aliphatic heterocycles. The summed E-state index contributed by atoms with van der Waals surface area (Å²) in [6.07, 6.45) is 10.4. The Kier molecular flexibility index (Phi) is 8.20. The molecule has 0 atom stereocenters. The summed E-state index contributed by atoms with van der Waals surface area (Å²) < 4.78 is 5.38. The fraction of sp³-hybridized carbons (Fsp3) is 0.357. The number of rotatable bonds is 9. The highest BCUT2D eigenvalue weighted by Crippen LogP contribution is 2.29. The molecule has 0 amide bonds. The van der Waals surface area contributed by atoms with E-state index in [9.17, 15) is 4.79 Å². The summed E-state index contributed by atoms with van der Waals surface area (Å²) in [7, 11) is 1.67. The lowest BCUT2D eigenvalue weighted by Gasteiger charge is -2.28. The predicted octanol–water partition coefficient (Wildman–Crippen LogP) is 5.88. The summed E-state index contributed by atoms with van der Waals surface area (Å²) in [4.78, 5) is 17.8. The van der Waals surface area contributed by atoms with Crippen LogP contribution in [0.5, 0.6) is 5.75 Å². The van der Waals surface area contributed by atoms with Crippen LogP contribution in [0.15, 0.2) is 54.7 Å². The highest BCUT2D eigenvalue weighted by molar-refractivity contribution is 6.32. The maximum absolute atomic E-state index is 11.1. The molecule has 5 nitrogen and oxygen atoms in total. The number of aliphatic carboxylic acids is 1. The average Bonchev–Trinajstić information content (AvgIpc) is 2.86. The van der Waals surface area contributed by atoms with E-state index in [0.717, 1.165) is 74.0 Å². The molecule has 1 aromatic heterocycles. The van der Waals surface area contributed by atoms with Crippen molar-refractivity contribution in [2.24, 2.45) is 5.92 Å². The van der Waals surface area contributed by atoms with Gasteiger partial charge in [0.1, 0.15) is 5.75 Å². The van der Waals surface area contributed by atoms with Crippen molar-refractivity contribution < 1.29 is 14.6 Å². The van der Waals surface area contributed by atoms with Crippen molar-refractivity contribution in [3.63, 3.8) is 0 Å². The maximum atomic E-state index is 11.1. The van der Waals surface area contributed by atoms with Gasteiger partial charge in [0.15, 0.2) is 0 Å². The molecular weight excluding hydrogens is 448 g/mol. The summed E-state index contributed by atoms with van der Waals surface area (Å²) in [6, 6.07) is 14.6. The molecule has 1 saturated heterocycles. The van der Waals surface area contributed by atoms with Crippen molar-refractivity contribution >= 4 is 34.5 Å². The van der Waals surface area contributed by atoms with Gasteiger partial charge in [0, 0.05) is 18.1 Å². The highest BCUT2D eigenvalue weighted by atomic mass is 35.5. The molecule has 4 rings (SSSR count). The van der Waals surface area contributed by atoms with Crippen molar-refractivity contribution in [2.75, 3.05) is 26.7 Å². The first-order chi connectivity index (χ1) is 16.5. The Balaban J connectivity index is 1.28. The largest absolute Gasteiger partial charge is 0.497 e. The van der Waals surface area contributed by atoms with Gasteiger partial charge in [0.05, 0.1) is 23.6 Å². The zero-order valence-electron chi connectivity index (χ0n) is 19.5. The number of ether oxygens (including phenoxy) is 1. The topological polar surface area (TPSA) is 62.7 Å². The molecule has 3 aromatic rings. The van der Waals surface area contributed by atoms with Crippen LogP contribution in [0.2, 0.25) is 5.02 Å². The number of carboxylic acid groups (broad SMARTS) is 1. The van der Waals surface area contributed by atoms with Crippen LogP contribution in [-0.2, 0) is 17.6 Å². The van der Waals surface area contributed by atoms with Crippen LogP contribution < -0.4 is 4.74 Å². The van der Waals surface area contributed by atoms with Gasteiger partial charge in [0.2, 0.25) is 0 Å². The third kappa shape index (κ3) is 6.16. The van der Waals surface area contributed by atoms with Gasteiger partial charge in [-0.15, -0.1) is 0 Å². The Labute approximate surface area is 206 Å². The number of hydrogen-bond donors (Lipinski definition) is 1. The van der Waals surface area contributed by atoms with Gasteiger partial charge in [-0.2, -0.15) is 0 Å². The van der Waals surface area contributed by atoms with E-state index in [0.29, 0.717) is 5.02 Å². The van der Waals surface area contributed by atoms with Crippen LogP contribution >= 0.6 is 11.6 Å². The number of methoxy groups -OCH3 is 1. The first-order valence-corrected chi connectivity index (χ1v) is 12.2. The third-order valence-electron chi connectivity index (χ3n) is 6.62. The number of aromatic nitrogens is 1. The highest BCUT2D eigenvalue weighted by Gasteiger charge is 2.23. The monoisotopic (exact) mass is 478 g/mol. The number of carboxylic acids is 1. The predicted molar refractivity (Wildman–Crippen MR) is 138 cm³/mol. The standard InChI is InChI=1S/C28H31ClN2O3/c1-34-23-11-12-27-25(18-23)24(26(29)19-30-27)6-2-4-20-7-9-21(10-8-20)5-3-15-31-16-13-22(14-17-31)28(32)33/h3,5,7-12,18-19,22H,2,4,6,13-17H2,1H3,(H,32,33)/b5-3+. The number of carbonyl (C=O) groups is 1. The minimum absolute atomic E-state index is 0.177. The molecule has 1 N–H and O–H groups in total. The van der Waals surface area contributed by atoms with E-state index in [1.165, 1.54) is 11.1 Å². The quantitative estimate of drug-likeness (QED) is 0.416. The summed E-state index contributed by atoms with van der Waals surface area (Å²) in [5, 5.41) is 10.9. The van der Waals surface area contributed by atoms with Crippen molar-refractivity contribution in [1.82, 2.24) is 9.88 Å². The number of likely N-dealkylation sites (tertiary alicyclic amines) is 1. The van der Waals surface area contributed by atoms with Crippen molar-refractivity contribution in [3.8, 4) is 5.75 Å². The second-order valence-corrected chi connectivity index (χ2v) is 9.29. The van der Waals surface area contributed by atoms with Crippen LogP contribution in [0.3, 0.4) is 0 Å². The SMILES string of the molecule is COc1ccc2ncc(Cl)c(CCCc3ccc(/C=C/CN4CCC(C(=O)O)CC4)cc3)c2c1. The van der Waals surface area contributed by atoms with Crippen LogP contribution in [0, 0.1) is 5.92 Å². The molecule has 1 fully saturated rings. The summed E-state index contributed by atoms with van der Waals surface area (Å²) in [5.74, 6) is -0.0251. The van der Waals surface area contributed by atoms with E-state index in [-0.39, 0.29) is 5.92 Å². The lowest BCUT2D eigenvalue weighted by Crippen LogP contribution is -2.36. The van der Waals surface area contributed by atoms with Gasteiger partial charge >= 0.3 is 5.97 Å². The zero-order valence-corrected chi connectivity index (χ0v) is 20.3. The third-order valence-corrected chi connectivity index (χ3v) is 6.94. The Morgan fingerprint density at radius 1 is 1.18 bits per heavy atom. The van der Waals surface area contributed by atoms with Crippen LogP contribution in [0.4, 0.5) is 0 Å². The second-order valence-electron chi connectivity index (χ2n) is 8.88. The molecule has 2 heterocycles. The second kappa shape index (κ2) is 11.5. The smallest absolute Gasteiger partial charge is 0.306 e. The fourth-order valence-electron chi connectivity index (χ4n) is 4.55. The molecule has 0 spiro atoms. The molecule has 0 saturated carbocycles. The van der Waals surface area contributed by atoms with E-state index in [1.807, 2.05) is 18.2 Å². The first-order valence-electron chi connectivity index (χ1n) is 11.9. The Bertz CT molecular complexity index is 1150. The van der Waals surface area contributed by atoms with E-state index in [4.69, 9.17) is 21.4 Å². The van der Waals surface area contributed by atoms with Gasteiger partial charge in [0.25, 0.3) is 0 Å². The molecule has 0 bridgehead atoms. The number of nitrogens with zero attached hydrogens (tertiary/aromatic N) is 2. The van der Waals surface area contributed by atoms with E-state index in [2.05, 4.69) is 46.3 Å². The van der Waals surface area contributed by atoms with Crippen LogP contribution in [-0.4, -0.2) is 47.7 Å². The molecule has 1 aliphatic rings. The van der Waals surface area contributed by atoms with E-state index < -0.39 is 5.97 Å². The Hall–Kier alpha value is -2.89.